The number of aryl methyl sites for hydroxylation is 1. The number of benzene rings is 1. The standard InChI is InChI=1S/C29H34ClF2N5O4/c1-18-15-24(35-37(18)27(39)41-28(2,3)4)34-23-10-9-21(31)22(33-23)16-29(26(38)40-5)11-13-36(14-12-29)17-19-7-6-8-20(30)25(19)32/h6-10,15H,11-14,16-17H2,1-5H3,(H,33,34,35). The van der Waals surface area contributed by atoms with Gasteiger partial charge in [-0.2, -0.15) is 4.68 Å². The molecule has 12 heteroatoms. The summed E-state index contributed by atoms with van der Waals surface area (Å²) in [6.07, 6.45) is 0.145. The second kappa shape index (κ2) is 12.1. The van der Waals surface area contributed by atoms with Gasteiger partial charge in [-0.15, -0.1) is 5.10 Å². The van der Waals surface area contributed by atoms with Crippen molar-refractivity contribution in [2.24, 2.45) is 5.41 Å². The van der Waals surface area contributed by atoms with Gasteiger partial charge in [0.05, 0.1) is 23.2 Å². The van der Waals surface area contributed by atoms with Crippen molar-refractivity contribution in [2.45, 2.75) is 59.1 Å². The third-order valence-electron chi connectivity index (χ3n) is 6.99. The Kier molecular flexibility index (Phi) is 8.98. The van der Waals surface area contributed by atoms with E-state index < -0.39 is 34.7 Å². The molecule has 1 aliphatic heterocycles. The van der Waals surface area contributed by atoms with Gasteiger partial charge in [0.1, 0.15) is 23.1 Å². The fourth-order valence-electron chi connectivity index (χ4n) is 4.88. The molecule has 0 aliphatic carbocycles. The zero-order valence-electron chi connectivity index (χ0n) is 23.8. The van der Waals surface area contributed by atoms with E-state index >= 15 is 0 Å². The van der Waals surface area contributed by atoms with E-state index in [1.54, 1.807) is 45.9 Å². The van der Waals surface area contributed by atoms with E-state index in [0.29, 0.717) is 55.4 Å². The van der Waals surface area contributed by atoms with Gasteiger partial charge in [0.2, 0.25) is 0 Å². The number of nitrogens with zero attached hydrogens (tertiary/aromatic N) is 4. The normalized spacial score (nSPS) is 15.4. The molecular formula is C29H34ClF2N5O4. The molecule has 0 unspecified atom stereocenters. The van der Waals surface area contributed by atoms with Gasteiger partial charge in [-0.25, -0.2) is 18.6 Å². The molecule has 3 aromatic rings. The molecule has 3 heterocycles. The summed E-state index contributed by atoms with van der Waals surface area (Å²) < 4.78 is 41.1. The summed E-state index contributed by atoms with van der Waals surface area (Å²) in [5.74, 6) is -0.845. The Morgan fingerprint density at radius 3 is 2.49 bits per heavy atom. The molecule has 41 heavy (non-hydrogen) atoms. The average Bonchev–Trinajstić information content (AvgIpc) is 3.28. The third kappa shape index (κ3) is 7.20. The van der Waals surface area contributed by atoms with E-state index in [4.69, 9.17) is 21.1 Å². The van der Waals surface area contributed by atoms with Crippen molar-refractivity contribution in [3.05, 3.63) is 70.0 Å². The summed E-state index contributed by atoms with van der Waals surface area (Å²) in [5, 5.41) is 7.31. The number of carbonyl (C=O) groups excluding carboxylic acids is 2. The van der Waals surface area contributed by atoms with E-state index in [-0.39, 0.29) is 17.1 Å². The zero-order chi connectivity index (χ0) is 29.9. The Labute approximate surface area is 242 Å². The van der Waals surface area contributed by atoms with Crippen molar-refractivity contribution in [3.63, 3.8) is 0 Å². The lowest BCUT2D eigenvalue weighted by atomic mass is 9.74. The highest BCUT2D eigenvalue weighted by molar-refractivity contribution is 6.30. The number of piperidine rings is 1. The van der Waals surface area contributed by atoms with Crippen LogP contribution >= 0.6 is 11.6 Å². The highest BCUT2D eigenvalue weighted by atomic mass is 35.5. The molecule has 1 aromatic carbocycles. The summed E-state index contributed by atoms with van der Waals surface area (Å²) in [5.41, 5.74) is -0.581. The summed E-state index contributed by atoms with van der Waals surface area (Å²) in [4.78, 5) is 31.9. The average molecular weight is 590 g/mol. The summed E-state index contributed by atoms with van der Waals surface area (Å²) in [6.45, 7) is 8.28. The van der Waals surface area contributed by atoms with E-state index in [2.05, 4.69) is 15.4 Å². The molecule has 0 amide bonds. The monoisotopic (exact) mass is 589 g/mol. The fourth-order valence-corrected chi connectivity index (χ4v) is 5.07. The van der Waals surface area contributed by atoms with Crippen molar-refractivity contribution in [3.8, 4) is 0 Å². The zero-order valence-corrected chi connectivity index (χ0v) is 24.5. The number of aromatic nitrogens is 3. The predicted octanol–water partition coefficient (Wildman–Crippen LogP) is 6.04. The van der Waals surface area contributed by atoms with Crippen LogP contribution in [0.1, 0.15) is 50.6 Å². The lowest BCUT2D eigenvalue weighted by Gasteiger charge is -2.39. The maximum absolute atomic E-state index is 15.0. The second-order valence-electron chi connectivity index (χ2n) is 11.3. The first kappa shape index (κ1) is 30.4. The molecule has 0 bridgehead atoms. The minimum atomic E-state index is -1.00. The minimum absolute atomic E-state index is 0.0196. The Hall–Kier alpha value is -3.57. The van der Waals surface area contributed by atoms with Crippen LogP contribution in [0.4, 0.5) is 25.2 Å². The quantitative estimate of drug-likeness (QED) is 0.333. The van der Waals surface area contributed by atoms with Crippen LogP contribution in [0.15, 0.2) is 36.4 Å². The molecule has 0 spiro atoms. The van der Waals surface area contributed by atoms with Crippen LogP contribution < -0.4 is 5.32 Å². The number of pyridine rings is 1. The van der Waals surface area contributed by atoms with Crippen LogP contribution in [0.5, 0.6) is 0 Å². The molecule has 1 aliphatic rings. The van der Waals surface area contributed by atoms with Gasteiger partial charge < -0.3 is 14.8 Å². The SMILES string of the molecule is COC(=O)C1(Cc2nc(Nc3cc(C)n(C(=O)OC(C)(C)C)n3)ccc2F)CCN(Cc2cccc(Cl)c2F)CC1. The van der Waals surface area contributed by atoms with Gasteiger partial charge in [0.15, 0.2) is 5.82 Å². The van der Waals surface area contributed by atoms with Gasteiger partial charge in [0, 0.05) is 30.3 Å². The summed E-state index contributed by atoms with van der Waals surface area (Å²) in [7, 11) is 1.31. The molecule has 1 saturated heterocycles. The van der Waals surface area contributed by atoms with Crippen molar-refractivity contribution in [1.82, 2.24) is 19.7 Å². The van der Waals surface area contributed by atoms with Gasteiger partial charge >= 0.3 is 12.1 Å². The summed E-state index contributed by atoms with van der Waals surface area (Å²) in [6, 6.07) is 9.24. The van der Waals surface area contributed by atoms with Gasteiger partial charge in [-0.1, -0.05) is 23.7 Å². The molecule has 220 valence electrons. The smallest absolute Gasteiger partial charge is 0.435 e. The number of esters is 1. The molecule has 9 nitrogen and oxygen atoms in total. The number of anilines is 2. The van der Waals surface area contributed by atoms with Crippen molar-refractivity contribution in [1.29, 1.82) is 0 Å². The molecule has 2 aromatic heterocycles. The first-order valence-electron chi connectivity index (χ1n) is 13.3. The maximum atomic E-state index is 15.0. The van der Waals surface area contributed by atoms with Crippen LogP contribution in [0.3, 0.4) is 0 Å². The third-order valence-corrected chi connectivity index (χ3v) is 7.28. The number of ether oxygens (including phenoxy) is 2. The molecule has 4 rings (SSSR count). The molecular weight excluding hydrogens is 556 g/mol. The number of halogens is 3. The Morgan fingerprint density at radius 1 is 1.12 bits per heavy atom. The highest BCUT2D eigenvalue weighted by Gasteiger charge is 2.43. The Balaban J connectivity index is 1.49. The van der Waals surface area contributed by atoms with Crippen LogP contribution in [0.2, 0.25) is 5.02 Å². The Bertz CT molecular complexity index is 1430. The van der Waals surface area contributed by atoms with Gasteiger partial charge in [0.25, 0.3) is 0 Å². The summed E-state index contributed by atoms with van der Waals surface area (Å²) >= 11 is 5.92. The van der Waals surface area contributed by atoms with Crippen LogP contribution in [-0.4, -0.2) is 57.5 Å². The number of hydrogen-bond donors (Lipinski definition) is 1. The molecule has 1 fully saturated rings. The highest BCUT2D eigenvalue weighted by Crippen LogP contribution is 2.38. The van der Waals surface area contributed by atoms with Gasteiger partial charge in [-0.3, -0.25) is 9.69 Å². The largest absolute Gasteiger partial charge is 0.469 e. The lowest BCUT2D eigenvalue weighted by Crippen LogP contribution is -2.46. The van der Waals surface area contributed by atoms with Crippen molar-refractivity contribution < 1.29 is 27.8 Å². The minimum Gasteiger partial charge on any atom is -0.469 e. The molecule has 0 saturated carbocycles. The molecule has 0 atom stereocenters. The van der Waals surface area contributed by atoms with E-state index in [1.807, 2.05) is 4.90 Å². The second-order valence-corrected chi connectivity index (χ2v) is 11.7. The number of hydrogen-bond acceptors (Lipinski definition) is 8. The predicted molar refractivity (Wildman–Crippen MR) is 150 cm³/mol. The van der Waals surface area contributed by atoms with Crippen LogP contribution in [-0.2, 0) is 27.2 Å². The number of nitrogens with one attached hydrogen (secondary N) is 1. The van der Waals surface area contributed by atoms with E-state index in [0.717, 1.165) is 4.68 Å². The van der Waals surface area contributed by atoms with Gasteiger partial charge in [-0.05, 0) is 71.8 Å². The molecule has 1 N–H and O–H groups in total. The number of rotatable bonds is 7. The van der Waals surface area contributed by atoms with Crippen LogP contribution in [0, 0.1) is 24.0 Å². The fraction of sp³-hybridized carbons (Fsp3) is 0.448. The lowest BCUT2D eigenvalue weighted by molar-refractivity contribution is -0.156. The first-order chi connectivity index (χ1) is 19.3. The van der Waals surface area contributed by atoms with Crippen molar-refractivity contribution in [2.75, 3.05) is 25.5 Å². The number of methoxy groups -OCH3 is 1. The van der Waals surface area contributed by atoms with Crippen LogP contribution in [0.25, 0.3) is 0 Å². The molecule has 0 radical (unpaired) electrons. The number of likely N-dealkylation sites (tertiary alicyclic amines) is 1. The Morgan fingerprint density at radius 2 is 1.83 bits per heavy atom. The maximum Gasteiger partial charge on any atom is 0.435 e. The first-order valence-corrected chi connectivity index (χ1v) is 13.6. The topological polar surface area (TPSA) is 98.6 Å². The number of carbonyl (C=O) groups is 2. The van der Waals surface area contributed by atoms with Crippen molar-refractivity contribution >= 4 is 35.3 Å². The van der Waals surface area contributed by atoms with E-state index in [9.17, 15) is 18.4 Å². The van der Waals surface area contributed by atoms with E-state index in [1.165, 1.54) is 25.3 Å².